The third-order valence-corrected chi connectivity index (χ3v) is 2.71. The summed E-state index contributed by atoms with van der Waals surface area (Å²) in [4.78, 5) is 10.6. The quantitative estimate of drug-likeness (QED) is 0.683. The molecule has 1 aromatic carbocycles. The van der Waals surface area contributed by atoms with E-state index >= 15 is 0 Å². The van der Waals surface area contributed by atoms with Crippen molar-refractivity contribution in [3.8, 4) is 0 Å². The molecule has 1 N–H and O–H groups in total. The van der Waals surface area contributed by atoms with Gasteiger partial charge < -0.3 is 9.90 Å². The third kappa shape index (κ3) is 1.55. The van der Waals surface area contributed by atoms with Crippen LogP contribution in [0, 0.1) is 5.82 Å². The van der Waals surface area contributed by atoms with Crippen LogP contribution in [0.1, 0.15) is 17.5 Å². The Bertz CT molecular complexity index is 376. The molecule has 1 atom stereocenters. The molecule has 0 spiro atoms. The zero-order chi connectivity index (χ0) is 10.2. The summed E-state index contributed by atoms with van der Waals surface area (Å²) in [7, 11) is 0. The highest BCUT2D eigenvalue weighted by atomic mass is 19.1. The lowest BCUT2D eigenvalue weighted by Gasteiger charge is -2.28. The van der Waals surface area contributed by atoms with Gasteiger partial charge in [0.25, 0.3) is 0 Å². The van der Waals surface area contributed by atoms with E-state index in [9.17, 15) is 14.3 Å². The average molecular weight is 194 g/mol. The SMILES string of the molecule is O=CC1(O)CCc2ccc(F)cc2C1. The fraction of sp³-hybridized carbons (Fsp3) is 0.364. The third-order valence-electron chi connectivity index (χ3n) is 2.71. The Balaban J connectivity index is 2.38. The van der Waals surface area contributed by atoms with Gasteiger partial charge in [-0.3, -0.25) is 0 Å². The van der Waals surface area contributed by atoms with Crippen LogP contribution in [0.25, 0.3) is 0 Å². The standard InChI is InChI=1S/C11H11FO2/c12-10-2-1-8-3-4-11(14,7-13)6-9(8)5-10/h1-2,5,7,14H,3-4,6H2. The maximum absolute atomic E-state index is 12.9. The van der Waals surface area contributed by atoms with E-state index in [0.29, 0.717) is 19.1 Å². The summed E-state index contributed by atoms with van der Waals surface area (Å²) >= 11 is 0. The van der Waals surface area contributed by atoms with Gasteiger partial charge in [-0.25, -0.2) is 4.39 Å². The highest BCUT2D eigenvalue weighted by Gasteiger charge is 2.31. The van der Waals surface area contributed by atoms with Crippen molar-refractivity contribution in [2.75, 3.05) is 0 Å². The first-order chi connectivity index (χ1) is 6.63. The van der Waals surface area contributed by atoms with E-state index in [1.807, 2.05) is 0 Å². The highest BCUT2D eigenvalue weighted by Crippen LogP contribution is 2.27. The van der Waals surface area contributed by atoms with Gasteiger partial charge in [0.1, 0.15) is 11.4 Å². The van der Waals surface area contributed by atoms with Crippen molar-refractivity contribution in [2.45, 2.75) is 24.9 Å². The van der Waals surface area contributed by atoms with Crippen LogP contribution in [0.5, 0.6) is 0 Å². The molecular weight excluding hydrogens is 183 g/mol. The number of aldehydes is 1. The second-order valence-electron chi connectivity index (χ2n) is 3.81. The van der Waals surface area contributed by atoms with Crippen molar-refractivity contribution < 1.29 is 14.3 Å². The van der Waals surface area contributed by atoms with Crippen LogP contribution in [0.4, 0.5) is 4.39 Å². The number of hydrogen-bond acceptors (Lipinski definition) is 2. The molecule has 0 heterocycles. The molecule has 0 fully saturated rings. The molecule has 0 saturated heterocycles. The molecule has 3 heteroatoms. The first-order valence-electron chi connectivity index (χ1n) is 4.59. The predicted octanol–water partition coefficient (Wildman–Crippen LogP) is 1.24. The van der Waals surface area contributed by atoms with E-state index in [1.54, 1.807) is 6.07 Å². The molecule has 2 rings (SSSR count). The van der Waals surface area contributed by atoms with Crippen LogP contribution in [0.3, 0.4) is 0 Å². The fourth-order valence-electron chi connectivity index (χ4n) is 1.87. The van der Waals surface area contributed by atoms with E-state index in [2.05, 4.69) is 0 Å². The normalized spacial score (nSPS) is 25.6. The molecule has 1 unspecified atom stereocenters. The number of carbonyl (C=O) groups is 1. The summed E-state index contributed by atoms with van der Waals surface area (Å²) in [5.41, 5.74) is 0.477. The van der Waals surface area contributed by atoms with Crippen LogP contribution in [-0.2, 0) is 17.6 Å². The van der Waals surface area contributed by atoms with E-state index in [4.69, 9.17) is 0 Å². The van der Waals surface area contributed by atoms with Crippen LogP contribution in [-0.4, -0.2) is 17.0 Å². The maximum atomic E-state index is 12.9. The lowest BCUT2D eigenvalue weighted by atomic mass is 9.81. The van der Waals surface area contributed by atoms with Gasteiger partial charge >= 0.3 is 0 Å². The number of benzene rings is 1. The first kappa shape index (κ1) is 9.34. The van der Waals surface area contributed by atoms with Gasteiger partial charge in [-0.2, -0.15) is 0 Å². The van der Waals surface area contributed by atoms with Crippen LogP contribution >= 0.6 is 0 Å². The minimum atomic E-state index is -1.29. The van der Waals surface area contributed by atoms with Crippen LogP contribution in [0.2, 0.25) is 0 Å². The molecule has 0 radical (unpaired) electrons. The summed E-state index contributed by atoms with van der Waals surface area (Å²) in [5.74, 6) is -0.320. The van der Waals surface area contributed by atoms with Crippen LogP contribution < -0.4 is 0 Å². The summed E-state index contributed by atoms with van der Waals surface area (Å²) in [6.07, 6.45) is 1.84. The molecule has 0 saturated carbocycles. The largest absolute Gasteiger partial charge is 0.382 e. The number of fused-ring (bicyclic) bond motifs is 1. The smallest absolute Gasteiger partial charge is 0.151 e. The summed E-state index contributed by atoms with van der Waals surface area (Å²) in [6.45, 7) is 0. The van der Waals surface area contributed by atoms with Crippen molar-refractivity contribution in [3.05, 3.63) is 35.1 Å². The Morgan fingerprint density at radius 1 is 1.43 bits per heavy atom. The number of aliphatic hydroxyl groups is 1. The second kappa shape index (κ2) is 3.17. The van der Waals surface area contributed by atoms with Crippen molar-refractivity contribution in [3.63, 3.8) is 0 Å². The zero-order valence-corrected chi connectivity index (χ0v) is 7.66. The predicted molar refractivity (Wildman–Crippen MR) is 49.4 cm³/mol. The Labute approximate surface area is 81.4 Å². The lowest BCUT2D eigenvalue weighted by molar-refractivity contribution is -0.125. The Kier molecular flexibility index (Phi) is 2.11. The van der Waals surface area contributed by atoms with Crippen molar-refractivity contribution in [2.24, 2.45) is 0 Å². The molecule has 0 amide bonds. The molecule has 1 aliphatic rings. The van der Waals surface area contributed by atoms with Crippen molar-refractivity contribution in [1.82, 2.24) is 0 Å². The molecule has 1 aromatic rings. The average Bonchev–Trinajstić information content (AvgIpc) is 2.17. The lowest BCUT2D eigenvalue weighted by Crippen LogP contribution is -2.37. The molecular formula is C11H11FO2. The number of rotatable bonds is 1. The molecule has 0 aromatic heterocycles. The minimum absolute atomic E-state index is 0.226. The van der Waals surface area contributed by atoms with Gasteiger partial charge in [-0.05, 0) is 36.1 Å². The Morgan fingerprint density at radius 2 is 2.21 bits per heavy atom. The molecule has 0 bridgehead atoms. The van der Waals surface area contributed by atoms with E-state index < -0.39 is 5.60 Å². The van der Waals surface area contributed by atoms with Crippen LogP contribution in [0.15, 0.2) is 18.2 Å². The topological polar surface area (TPSA) is 37.3 Å². The summed E-state index contributed by atoms with van der Waals surface area (Å²) < 4.78 is 12.9. The highest BCUT2D eigenvalue weighted by molar-refractivity contribution is 5.64. The van der Waals surface area contributed by atoms with Crippen molar-refractivity contribution in [1.29, 1.82) is 0 Å². The second-order valence-corrected chi connectivity index (χ2v) is 3.81. The van der Waals surface area contributed by atoms with Gasteiger partial charge in [0.2, 0.25) is 0 Å². The monoisotopic (exact) mass is 194 g/mol. The maximum Gasteiger partial charge on any atom is 0.151 e. The van der Waals surface area contributed by atoms with Crippen molar-refractivity contribution >= 4 is 6.29 Å². The minimum Gasteiger partial charge on any atom is -0.382 e. The van der Waals surface area contributed by atoms with E-state index in [-0.39, 0.29) is 12.2 Å². The zero-order valence-electron chi connectivity index (χ0n) is 7.66. The number of hydrogen-bond donors (Lipinski definition) is 1. The molecule has 1 aliphatic carbocycles. The van der Waals surface area contributed by atoms with E-state index in [0.717, 1.165) is 11.1 Å². The van der Waals surface area contributed by atoms with Gasteiger partial charge in [-0.1, -0.05) is 6.07 Å². The van der Waals surface area contributed by atoms with Gasteiger partial charge in [-0.15, -0.1) is 0 Å². The van der Waals surface area contributed by atoms with E-state index in [1.165, 1.54) is 12.1 Å². The van der Waals surface area contributed by atoms with Gasteiger partial charge in [0, 0.05) is 6.42 Å². The fourth-order valence-corrected chi connectivity index (χ4v) is 1.87. The summed E-state index contributed by atoms with van der Waals surface area (Å²) in [6, 6.07) is 4.52. The number of aryl methyl sites for hydroxylation is 1. The Morgan fingerprint density at radius 3 is 2.93 bits per heavy atom. The first-order valence-corrected chi connectivity index (χ1v) is 4.59. The molecule has 2 nitrogen and oxygen atoms in total. The number of carbonyl (C=O) groups excluding carboxylic acids is 1. The molecule has 0 aliphatic heterocycles. The number of halogens is 1. The van der Waals surface area contributed by atoms with Gasteiger partial charge in [0.05, 0.1) is 0 Å². The molecule has 74 valence electrons. The van der Waals surface area contributed by atoms with Gasteiger partial charge in [0.15, 0.2) is 6.29 Å². The summed E-state index contributed by atoms with van der Waals surface area (Å²) in [5, 5.41) is 9.73. The molecule has 14 heavy (non-hydrogen) atoms. The Hall–Kier alpha value is -1.22.